The molecule has 4 nitrogen and oxygen atoms in total. The number of rotatable bonds is 4. The van der Waals surface area contributed by atoms with Gasteiger partial charge < -0.3 is 4.57 Å². The van der Waals surface area contributed by atoms with Crippen LogP contribution in [0.5, 0.6) is 0 Å². The van der Waals surface area contributed by atoms with E-state index < -0.39 is 23.3 Å². The monoisotopic (exact) mass is 450 g/mol. The Morgan fingerprint density at radius 1 is 1.00 bits per heavy atom. The lowest BCUT2D eigenvalue weighted by Gasteiger charge is -2.12. The average Bonchev–Trinajstić information content (AvgIpc) is 3.01. The molecule has 1 heterocycles. The van der Waals surface area contributed by atoms with Crippen LogP contribution in [0.4, 0.5) is 13.3 Å². The zero-order valence-corrected chi connectivity index (χ0v) is 16.4. The molecular weight excluding hydrogens is 437 g/mol. The molecule has 0 aliphatic carbocycles. The van der Waals surface area contributed by atoms with Crippen molar-refractivity contribution in [1.82, 2.24) is 10.1 Å². The van der Waals surface area contributed by atoms with Crippen molar-refractivity contribution >= 4 is 27.6 Å². The van der Waals surface area contributed by atoms with E-state index in [4.69, 9.17) is 0 Å². The molecule has 0 aliphatic heterocycles. The molecule has 0 unspecified atom stereocenters. The largest absolute Gasteiger partial charge is 0.347 e. The number of amides is 1. The van der Waals surface area contributed by atoms with Gasteiger partial charge >= 0.3 is 0 Å². The molecule has 0 atom stereocenters. The minimum atomic E-state index is -1.16. The van der Waals surface area contributed by atoms with Crippen molar-refractivity contribution in [3.63, 3.8) is 0 Å². The molecule has 0 aliphatic rings. The van der Waals surface area contributed by atoms with Gasteiger partial charge in [0.05, 0.1) is 11.3 Å². The standard InChI is InChI=1S/C20H14BrF3N2O2/c1-10-14(22)7-8-15(23)16(10)17-13(20(28)25-24)9-26(2)18(17)19(27)11-3-5-12(21)6-4-11/h3-9H,1-2H3,(H,25,28). The molecular formula is C20H14BrF3N2O2. The minimum absolute atomic E-state index is 0.0616. The Balaban J connectivity index is 2.35. The summed E-state index contributed by atoms with van der Waals surface area (Å²) < 4.78 is 43.7. The first-order chi connectivity index (χ1) is 13.3. The van der Waals surface area contributed by atoms with Gasteiger partial charge in [0.2, 0.25) is 5.78 Å². The molecule has 0 saturated carbocycles. The van der Waals surface area contributed by atoms with Crippen molar-refractivity contribution in [3.8, 4) is 11.1 Å². The number of nitrogens with one attached hydrogen (secondary N) is 1. The van der Waals surface area contributed by atoms with E-state index in [1.54, 1.807) is 24.3 Å². The summed E-state index contributed by atoms with van der Waals surface area (Å²) in [5.41, 5.74) is 0.391. The van der Waals surface area contributed by atoms with E-state index >= 15 is 0 Å². The van der Waals surface area contributed by atoms with E-state index in [1.165, 1.54) is 24.7 Å². The van der Waals surface area contributed by atoms with Crippen LogP contribution in [0, 0.1) is 18.6 Å². The van der Waals surface area contributed by atoms with Gasteiger partial charge in [-0.05, 0) is 48.9 Å². The number of aromatic nitrogens is 1. The summed E-state index contributed by atoms with van der Waals surface area (Å²) in [6, 6.07) is 8.25. The van der Waals surface area contributed by atoms with Crippen LogP contribution in [0.25, 0.3) is 11.1 Å². The van der Waals surface area contributed by atoms with Gasteiger partial charge in [-0.2, -0.15) is 5.54 Å². The molecule has 144 valence electrons. The number of carbonyl (C=O) groups excluding carboxylic acids is 2. The molecule has 3 rings (SSSR count). The Kier molecular flexibility index (Phi) is 5.42. The van der Waals surface area contributed by atoms with Gasteiger partial charge in [0.1, 0.15) is 11.6 Å². The van der Waals surface area contributed by atoms with Crippen LogP contribution in [0.1, 0.15) is 32.0 Å². The van der Waals surface area contributed by atoms with E-state index in [0.29, 0.717) is 0 Å². The highest BCUT2D eigenvalue weighted by Crippen LogP contribution is 2.36. The van der Waals surface area contributed by atoms with E-state index in [2.05, 4.69) is 15.9 Å². The fourth-order valence-corrected chi connectivity index (χ4v) is 3.34. The second-order valence-corrected chi connectivity index (χ2v) is 7.08. The summed E-state index contributed by atoms with van der Waals surface area (Å²) in [6.07, 6.45) is 1.21. The zero-order valence-electron chi connectivity index (χ0n) is 14.8. The Morgan fingerprint density at radius 2 is 1.61 bits per heavy atom. The first kappa shape index (κ1) is 19.9. The number of hydrogen-bond donors (Lipinski definition) is 1. The topological polar surface area (TPSA) is 51.1 Å². The van der Waals surface area contributed by atoms with Gasteiger partial charge in [-0.1, -0.05) is 20.4 Å². The molecule has 1 aromatic heterocycles. The number of aryl methyl sites for hydroxylation is 1. The maximum Gasteiger partial charge on any atom is 0.281 e. The normalized spacial score (nSPS) is 10.8. The highest BCUT2D eigenvalue weighted by Gasteiger charge is 2.29. The zero-order chi connectivity index (χ0) is 20.6. The number of nitrogens with zero attached hydrogens (tertiary/aromatic N) is 1. The van der Waals surface area contributed by atoms with E-state index in [9.17, 15) is 22.9 Å². The number of carbonyl (C=O) groups is 2. The minimum Gasteiger partial charge on any atom is -0.347 e. The summed E-state index contributed by atoms with van der Waals surface area (Å²) in [4.78, 5) is 25.2. The predicted molar refractivity (Wildman–Crippen MR) is 102 cm³/mol. The molecule has 8 heteroatoms. The van der Waals surface area contributed by atoms with Crippen molar-refractivity contribution < 1.29 is 22.9 Å². The summed E-state index contributed by atoms with van der Waals surface area (Å²) in [6.45, 7) is 1.33. The Bertz CT molecular complexity index is 1090. The third-order valence-corrected chi connectivity index (χ3v) is 4.96. The second kappa shape index (κ2) is 7.63. The lowest BCUT2D eigenvalue weighted by Crippen LogP contribution is -2.15. The Labute approximate surface area is 167 Å². The molecule has 0 saturated heterocycles. The van der Waals surface area contributed by atoms with Gasteiger partial charge in [-0.3, -0.25) is 9.59 Å². The van der Waals surface area contributed by atoms with Crippen molar-refractivity contribution in [1.29, 1.82) is 0 Å². The molecule has 0 fully saturated rings. The summed E-state index contributed by atoms with van der Waals surface area (Å²) in [7, 11) is 1.47. The van der Waals surface area contributed by atoms with Crippen molar-refractivity contribution in [2.45, 2.75) is 6.92 Å². The Morgan fingerprint density at radius 3 is 2.21 bits per heavy atom. The van der Waals surface area contributed by atoms with Gasteiger partial charge in [0.25, 0.3) is 5.91 Å². The fourth-order valence-electron chi connectivity index (χ4n) is 3.07. The maximum absolute atomic E-state index is 14.7. The molecule has 1 amide bonds. The smallest absolute Gasteiger partial charge is 0.281 e. The van der Waals surface area contributed by atoms with Gasteiger partial charge in [0.15, 0.2) is 0 Å². The van der Waals surface area contributed by atoms with Crippen LogP contribution in [0.15, 0.2) is 47.1 Å². The van der Waals surface area contributed by atoms with E-state index in [-0.39, 0.29) is 33.5 Å². The molecule has 28 heavy (non-hydrogen) atoms. The molecule has 0 radical (unpaired) electrons. The number of benzene rings is 2. The fraction of sp³-hybridized carbons (Fsp3) is 0.100. The first-order valence-corrected chi connectivity index (χ1v) is 8.91. The first-order valence-electron chi connectivity index (χ1n) is 8.11. The van der Waals surface area contributed by atoms with Crippen molar-refractivity contribution in [2.24, 2.45) is 7.05 Å². The highest BCUT2D eigenvalue weighted by molar-refractivity contribution is 9.10. The van der Waals surface area contributed by atoms with E-state index in [0.717, 1.165) is 22.1 Å². The molecule has 0 spiro atoms. The van der Waals surface area contributed by atoms with Gasteiger partial charge in [-0.25, -0.2) is 8.78 Å². The molecule has 0 bridgehead atoms. The average molecular weight is 451 g/mol. The second-order valence-electron chi connectivity index (χ2n) is 6.17. The lowest BCUT2D eigenvalue weighted by atomic mass is 9.93. The van der Waals surface area contributed by atoms with Crippen LogP contribution < -0.4 is 5.54 Å². The van der Waals surface area contributed by atoms with Crippen LogP contribution in [0.2, 0.25) is 0 Å². The molecule has 2 aromatic carbocycles. The SMILES string of the molecule is Cc1c(F)ccc(F)c1-c1c(C(=O)NF)cn(C)c1C(=O)c1ccc(Br)cc1. The van der Waals surface area contributed by atoms with Crippen LogP contribution in [0.3, 0.4) is 0 Å². The summed E-state index contributed by atoms with van der Waals surface area (Å²) >= 11 is 3.27. The molecule has 3 aromatic rings. The third-order valence-electron chi connectivity index (χ3n) is 4.43. The predicted octanol–water partition coefficient (Wildman–Crippen LogP) is 4.89. The number of hydrogen-bond acceptors (Lipinski definition) is 2. The lowest BCUT2D eigenvalue weighted by molar-refractivity contribution is 0.0860. The van der Waals surface area contributed by atoms with Crippen LogP contribution >= 0.6 is 15.9 Å². The van der Waals surface area contributed by atoms with Crippen LogP contribution in [-0.2, 0) is 7.05 Å². The quantitative estimate of drug-likeness (QED) is 0.454. The van der Waals surface area contributed by atoms with E-state index in [1.807, 2.05) is 0 Å². The van der Waals surface area contributed by atoms with Crippen LogP contribution in [-0.4, -0.2) is 16.3 Å². The van der Waals surface area contributed by atoms with Gasteiger partial charge in [-0.15, -0.1) is 0 Å². The highest BCUT2D eigenvalue weighted by atomic mass is 79.9. The summed E-state index contributed by atoms with van der Waals surface area (Å²) in [5.74, 6) is -3.23. The number of halogens is 4. The molecule has 1 N–H and O–H groups in total. The van der Waals surface area contributed by atoms with Crippen molar-refractivity contribution in [3.05, 3.63) is 81.1 Å². The summed E-state index contributed by atoms with van der Waals surface area (Å²) in [5, 5.41) is 0. The third kappa shape index (κ3) is 3.35. The van der Waals surface area contributed by atoms with Gasteiger partial charge in [0, 0.05) is 34.4 Å². The Hall–Kier alpha value is -2.87. The van der Waals surface area contributed by atoms with Crippen molar-refractivity contribution in [2.75, 3.05) is 0 Å². The number of ketones is 1. The maximum atomic E-state index is 14.7.